The first kappa shape index (κ1) is 14.6. The largest absolute Gasteiger partial charge is 0.422 e. The summed E-state index contributed by atoms with van der Waals surface area (Å²) in [5.41, 5.74) is 0.610. The molecule has 0 unspecified atom stereocenters. The van der Waals surface area contributed by atoms with Gasteiger partial charge in [-0.1, -0.05) is 35.3 Å². The van der Waals surface area contributed by atoms with E-state index in [0.717, 1.165) is 0 Å². The molecule has 0 amide bonds. The van der Waals surface area contributed by atoms with Crippen LogP contribution in [0.4, 0.5) is 0 Å². The van der Waals surface area contributed by atoms with Crippen LogP contribution in [0, 0.1) is 0 Å². The fraction of sp³-hybridized carbons (Fsp3) is 0.0667. The number of ether oxygens (including phenoxy) is 1. The molecule has 102 valence electrons. The van der Waals surface area contributed by atoms with Gasteiger partial charge in [-0.3, -0.25) is 4.79 Å². The number of hydrogen-bond donors (Lipinski definition) is 0. The van der Waals surface area contributed by atoms with Gasteiger partial charge >= 0.3 is 5.97 Å². The van der Waals surface area contributed by atoms with Crippen LogP contribution in [0.15, 0.2) is 42.5 Å². The van der Waals surface area contributed by atoms with E-state index in [1.807, 2.05) is 0 Å². The Hall–Kier alpha value is -1.84. The highest BCUT2D eigenvalue weighted by atomic mass is 35.5. The highest BCUT2D eigenvalue weighted by Crippen LogP contribution is 2.24. The standard InChI is InChI=1S/C15H10Cl2O3/c1-9(18)11-4-2-3-5-14(11)20-15(19)10-6-7-12(16)13(17)8-10/h2-8H,1H3. The van der Waals surface area contributed by atoms with Gasteiger partial charge in [-0.25, -0.2) is 4.79 Å². The molecule has 0 atom stereocenters. The normalized spacial score (nSPS) is 10.2. The third kappa shape index (κ3) is 3.18. The smallest absolute Gasteiger partial charge is 0.343 e. The van der Waals surface area contributed by atoms with Crippen molar-refractivity contribution in [3.8, 4) is 5.75 Å². The molecule has 0 saturated heterocycles. The quantitative estimate of drug-likeness (QED) is 0.479. The molecule has 3 nitrogen and oxygen atoms in total. The second kappa shape index (κ2) is 6.07. The second-order valence-electron chi connectivity index (χ2n) is 4.07. The minimum atomic E-state index is -0.600. The molecule has 0 saturated carbocycles. The molecular formula is C15H10Cl2O3. The molecule has 0 heterocycles. The van der Waals surface area contributed by atoms with Crippen molar-refractivity contribution in [1.29, 1.82) is 0 Å². The van der Waals surface area contributed by atoms with E-state index in [4.69, 9.17) is 27.9 Å². The van der Waals surface area contributed by atoms with Gasteiger partial charge in [0, 0.05) is 0 Å². The van der Waals surface area contributed by atoms with Gasteiger partial charge in [-0.2, -0.15) is 0 Å². The van der Waals surface area contributed by atoms with E-state index >= 15 is 0 Å². The average molecular weight is 309 g/mol. The number of halogens is 2. The number of rotatable bonds is 3. The van der Waals surface area contributed by atoms with E-state index in [1.54, 1.807) is 24.3 Å². The fourth-order valence-electron chi connectivity index (χ4n) is 1.63. The fourth-order valence-corrected chi connectivity index (χ4v) is 1.93. The summed E-state index contributed by atoms with van der Waals surface area (Å²) >= 11 is 11.6. The molecule has 0 aromatic heterocycles. The summed E-state index contributed by atoms with van der Waals surface area (Å²) in [6.07, 6.45) is 0. The Labute approximate surface area is 126 Å². The van der Waals surface area contributed by atoms with Gasteiger partial charge in [0.25, 0.3) is 0 Å². The Balaban J connectivity index is 2.28. The molecule has 2 aromatic rings. The van der Waals surface area contributed by atoms with Gasteiger partial charge in [0.2, 0.25) is 0 Å². The zero-order chi connectivity index (χ0) is 14.7. The highest BCUT2D eigenvalue weighted by Gasteiger charge is 2.14. The van der Waals surface area contributed by atoms with Crippen molar-refractivity contribution in [2.24, 2.45) is 0 Å². The van der Waals surface area contributed by atoms with E-state index in [1.165, 1.54) is 25.1 Å². The lowest BCUT2D eigenvalue weighted by molar-refractivity contribution is 0.0733. The van der Waals surface area contributed by atoms with Crippen molar-refractivity contribution in [1.82, 2.24) is 0 Å². The number of carbonyl (C=O) groups is 2. The number of hydrogen-bond acceptors (Lipinski definition) is 3. The van der Waals surface area contributed by atoms with Crippen LogP contribution < -0.4 is 4.74 Å². The van der Waals surface area contributed by atoms with Gasteiger partial charge in [-0.05, 0) is 37.3 Å². The van der Waals surface area contributed by atoms with Crippen LogP contribution in [-0.4, -0.2) is 11.8 Å². The molecule has 0 radical (unpaired) electrons. The Morgan fingerprint density at radius 1 is 1.00 bits per heavy atom. The average Bonchev–Trinajstić information content (AvgIpc) is 2.42. The van der Waals surface area contributed by atoms with Crippen molar-refractivity contribution in [2.75, 3.05) is 0 Å². The van der Waals surface area contributed by atoms with Crippen molar-refractivity contribution in [3.05, 3.63) is 63.6 Å². The van der Waals surface area contributed by atoms with Crippen LogP contribution in [0.3, 0.4) is 0 Å². The first-order valence-electron chi connectivity index (χ1n) is 5.76. The Kier molecular flexibility index (Phi) is 4.42. The highest BCUT2D eigenvalue weighted by molar-refractivity contribution is 6.42. The van der Waals surface area contributed by atoms with Crippen LogP contribution in [0.1, 0.15) is 27.6 Å². The van der Waals surface area contributed by atoms with E-state index in [2.05, 4.69) is 0 Å². The maximum Gasteiger partial charge on any atom is 0.343 e. The van der Waals surface area contributed by atoms with Crippen LogP contribution >= 0.6 is 23.2 Å². The van der Waals surface area contributed by atoms with E-state index in [9.17, 15) is 9.59 Å². The van der Waals surface area contributed by atoms with E-state index in [-0.39, 0.29) is 22.1 Å². The van der Waals surface area contributed by atoms with Crippen molar-refractivity contribution < 1.29 is 14.3 Å². The van der Waals surface area contributed by atoms with Gasteiger partial charge in [0.15, 0.2) is 5.78 Å². The number of Topliss-reactive ketones (excluding diaryl/α,β-unsaturated/α-hetero) is 1. The number of benzene rings is 2. The van der Waals surface area contributed by atoms with Crippen molar-refractivity contribution in [3.63, 3.8) is 0 Å². The SMILES string of the molecule is CC(=O)c1ccccc1OC(=O)c1ccc(Cl)c(Cl)c1. The van der Waals surface area contributed by atoms with Crippen LogP contribution in [0.2, 0.25) is 10.0 Å². The van der Waals surface area contributed by atoms with Gasteiger partial charge < -0.3 is 4.74 Å². The molecule has 0 aliphatic carbocycles. The predicted octanol–water partition coefficient (Wildman–Crippen LogP) is 4.42. The molecular weight excluding hydrogens is 299 g/mol. The molecule has 0 N–H and O–H groups in total. The third-order valence-electron chi connectivity index (χ3n) is 2.62. The molecule has 0 bridgehead atoms. The van der Waals surface area contributed by atoms with E-state index < -0.39 is 5.97 Å². The first-order chi connectivity index (χ1) is 9.49. The second-order valence-corrected chi connectivity index (χ2v) is 4.89. The molecule has 2 aromatic carbocycles. The lowest BCUT2D eigenvalue weighted by Gasteiger charge is -2.08. The number of ketones is 1. The lowest BCUT2D eigenvalue weighted by atomic mass is 10.1. The van der Waals surface area contributed by atoms with Crippen LogP contribution in [0.25, 0.3) is 0 Å². The summed E-state index contributed by atoms with van der Waals surface area (Å²) in [4.78, 5) is 23.5. The van der Waals surface area contributed by atoms with Gasteiger partial charge in [-0.15, -0.1) is 0 Å². The van der Waals surface area contributed by atoms with Crippen molar-refractivity contribution in [2.45, 2.75) is 6.92 Å². The zero-order valence-electron chi connectivity index (χ0n) is 10.5. The monoisotopic (exact) mass is 308 g/mol. The molecule has 0 spiro atoms. The summed E-state index contributed by atoms with van der Waals surface area (Å²) in [5.74, 6) is -0.559. The molecule has 2 rings (SSSR count). The van der Waals surface area contributed by atoms with Gasteiger partial charge in [0.1, 0.15) is 5.75 Å². The minimum Gasteiger partial charge on any atom is -0.422 e. The lowest BCUT2D eigenvalue weighted by Crippen LogP contribution is -2.10. The van der Waals surface area contributed by atoms with Crippen LogP contribution in [0.5, 0.6) is 5.75 Å². The zero-order valence-corrected chi connectivity index (χ0v) is 12.0. The molecule has 0 aliphatic heterocycles. The molecule has 20 heavy (non-hydrogen) atoms. The summed E-state index contributed by atoms with van der Waals surface area (Å²) in [7, 11) is 0. The Morgan fingerprint density at radius 2 is 1.70 bits per heavy atom. The molecule has 0 aliphatic rings. The maximum absolute atomic E-state index is 12.0. The maximum atomic E-state index is 12.0. The number of esters is 1. The summed E-state index contributed by atoms with van der Waals surface area (Å²) in [6, 6.07) is 11.0. The molecule has 0 fully saturated rings. The van der Waals surface area contributed by atoms with Crippen molar-refractivity contribution >= 4 is 35.0 Å². The van der Waals surface area contributed by atoms with Gasteiger partial charge in [0.05, 0.1) is 21.2 Å². The third-order valence-corrected chi connectivity index (χ3v) is 3.36. The summed E-state index contributed by atoms with van der Waals surface area (Å²) < 4.78 is 5.23. The number of carbonyl (C=O) groups excluding carboxylic acids is 2. The minimum absolute atomic E-state index is 0.178. The predicted molar refractivity (Wildman–Crippen MR) is 77.9 cm³/mol. The van der Waals surface area contributed by atoms with Crippen LogP contribution in [-0.2, 0) is 0 Å². The molecule has 5 heteroatoms. The summed E-state index contributed by atoms with van der Waals surface area (Å²) in [6.45, 7) is 1.41. The number of para-hydroxylation sites is 1. The Morgan fingerprint density at radius 3 is 2.35 bits per heavy atom. The summed E-state index contributed by atoms with van der Waals surface area (Å²) in [5, 5.41) is 0.619. The van der Waals surface area contributed by atoms with E-state index in [0.29, 0.717) is 10.6 Å². The first-order valence-corrected chi connectivity index (χ1v) is 6.52. The Bertz CT molecular complexity index is 681. The topological polar surface area (TPSA) is 43.4 Å².